The Morgan fingerprint density at radius 3 is 2.53 bits per heavy atom. The summed E-state index contributed by atoms with van der Waals surface area (Å²) in [7, 11) is 1.77. The Labute approximate surface area is 202 Å². The van der Waals surface area contributed by atoms with Crippen molar-refractivity contribution >= 4 is 11.9 Å². The molecule has 5 heteroatoms. The number of hydrogen-bond donors (Lipinski definition) is 0. The fourth-order valence-corrected chi connectivity index (χ4v) is 4.65. The number of rotatable bonds is 9. The molecule has 0 spiro atoms. The molecule has 4 rings (SSSR count). The summed E-state index contributed by atoms with van der Waals surface area (Å²) in [5.74, 6) is -0.119. The summed E-state index contributed by atoms with van der Waals surface area (Å²) in [4.78, 5) is 26.0. The maximum absolute atomic E-state index is 12.4. The summed E-state index contributed by atoms with van der Waals surface area (Å²) in [6.07, 6.45) is 9.94. The van der Waals surface area contributed by atoms with E-state index in [0.717, 1.165) is 19.3 Å². The molecular weight excluding hydrogens is 426 g/mol. The SMILES string of the molecule is CN(CC(=O)OCC1C=CC(C(Cc2ccccc2)c2ccccc2)=CC1)C1CCCOC1=O. The van der Waals surface area contributed by atoms with Gasteiger partial charge < -0.3 is 9.47 Å². The maximum atomic E-state index is 12.4. The molecule has 0 radical (unpaired) electrons. The van der Waals surface area contributed by atoms with Crippen LogP contribution in [-0.2, 0) is 25.5 Å². The molecule has 1 fully saturated rings. The van der Waals surface area contributed by atoms with Crippen molar-refractivity contribution < 1.29 is 19.1 Å². The standard InChI is InChI=1S/C29H33NO4/c1-30(27-13-8-18-33-29(27)32)20-28(31)34-21-23-14-16-25(17-15-23)26(24-11-6-3-7-12-24)19-22-9-4-2-5-10-22/h2-7,9-12,14,16-17,23,26-27H,8,13,15,18-21H2,1H3. The second-order valence-corrected chi connectivity index (χ2v) is 9.14. The van der Waals surface area contributed by atoms with Gasteiger partial charge >= 0.3 is 11.9 Å². The van der Waals surface area contributed by atoms with E-state index in [1.54, 1.807) is 11.9 Å². The van der Waals surface area contributed by atoms with Crippen molar-refractivity contribution in [3.05, 3.63) is 95.6 Å². The molecule has 34 heavy (non-hydrogen) atoms. The molecule has 178 valence electrons. The molecule has 2 aliphatic rings. The van der Waals surface area contributed by atoms with E-state index in [-0.39, 0.29) is 36.4 Å². The zero-order valence-corrected chi connectivity index (χ0v) is 19.8. The molecule has 2 aromatic carbocycles. The number of likely N-dealkylation sites (N-methyl/N-ethyl adjacent to an activating group) is 1. The highest BCUT2D eigenvalue weighted by Crippen LogP contribution is 2.32. The maximum Gasteiger partial charge on any atom is 0.323 e. The Morgan fingerprint density at radius 1 is 1.12 bits per heavy atom. The molecule has 1 aliphatic carbocycles. The van der Waals surface area contributed by atoms with Crippen molar-refractivity contribution in [2.24, 2.45) is 5.92 Å². The first-order valence-corrected chi connectivity index (χ1v) is 12.1. The van der Waals surface area contributed by atoms with E-state index in [0.29, 0.717) is 19.6 Å². The summed E-state index contributed by atoms with van der Waals surface area (Å²) in [6, 6.07) is 20.8. The Morgan fingerprint density at radius 2 is 1.85 bits per heavy atom. The van der Waals surface area contributed by atoms with E-state index in [4.69, 9.17) is 9.47 Å². The highest BCUT2D eigenvalue weighted by atomic mass is 16.5. The van der Waals surface area contributed by atoms with E-state index >= 15 is 0 Å². The minimum Gasteiger partial charge on any atom is -0.465 e. The predicted octanol–water partition coefficient (Wildman–Crippen LogP) is 4.70. The lowest BCUT2D eigenvalue weighted by Gasteiger charge is -2.28. The molecule has 2 aromatic rings. The number of hydrogen-bond acceptors (Lipinski definition) is 5. The van der Waals surface area contributed by atoms with Gasteiger partial charge in [0.05, 0.1) is 19.8 Å². The van der Waals surface area contributed by atoms with Gasteiger partial charge in [-0.05, 0) is 49.4 Å². The molecule has 5 nitrogen and oxygen atoms in total. The van der Waals surface area contributed by atoms with Crippen LogP contribution in [0.25, 0.3) is 0 Å². The van der Waals surface area contributed by atoms with Crippen LogP contribution in [0.4, 0.5) is 0 Å². The number of ether oxygens (including phenoxy) is 2. The monoisotopic (exact) mass is 459 g/mol. The van der Waals surface area contributed by atoms with Gasteiger partial charge in [-0.2, -0.15) is 0 Å². The van der Waals surface area contributed by atoms with Crippen molar-refractivity contribution in [1.82, 2.24) is 4.90 Å². The van der Waals surface area contributed by atoms with Crippen LogP contribution in [-0.4, -0.2) is 49.7 Å². The quantitative estimate of drug-likeness (QED) is 0.509. The van der Waals surface area contributed by atoms with Crippen LogP contribution in [0.15, 0.2) is 84.5 Å². The third kappa shape index (κ3) is 6.45. The van der Waals surface area contributed by atoms with E-state index in [9.17, 15) is 9.59 Å². The number of carbonyl (C=O) groups is 2. The van der Waals surface area contributed by atoms with Crippen molar-refractivity contribution in [3.8, 4) is 0 Å². The van der Waals surface area contributed by atoms with Gasteiger partial charge in [-0.15, -0.1) is 0 Å². The van der Waals surface area contributed by atoms with Gasteiger partial charge in [0.25, 0.3) is 0 Å². The van der Waals surface area contributed by atoms with Crippen LogP contribution in [0.2, 0.25) is 0 Å². The van der Waals surface area contributed by atoms with Gasteiger partial charge in [0, 0.05) is 11.8 Å². The smallest absolute Gasteiger partial charge is 0.323 e. The van der Waals surface area contributed by atoms with Crippen LogP contribution in [0.5, 0.6) is 0 Å². The number of carbonyl (C=O) groups excluding carboxylic acids is 2. The van der Waals surface area contributed by atoms with Gasteiger partial charge in [0.15, 0.2) is 0 Å². The number of esters is 2. The highest BCUT2D eigenvalue weighted by molar-refractivity contribution is 5.78. The van der Waals surface area contributed by atoms with Crippen LogP contribution in [0, 0.1) is 5.92 Å². The Balaban J connectivity index is 1.31. The average Bonchev–Trinajstić information content (AvgIpc) is 2.88. The average molecular weight is 460 g/mol. The molecule has 0 bridgehead atoms. The normalized spacial score (nSPS) is 21.0. The second kappa shape index (κ2) is 11.8. The third-order valence-corrected chi connectivity index (χ3v) is 6.61. The number of allylic oxidation sites excluding steroid dienone is 3. The summed E-state index contributed by atoms with van der Waals surface area (Å²) >= 11 is 0. The molecular formula is C29H33NO4. The highest BCUT2D eigenvalue weighted by Gasteiger charge is 2.29. The molecule has 1 heterocycles. The number of nitrogens with zero attached hydrogens (tertiary/aromatic N) is 1. The Kier molecular flexibility index (Phi) is 8.31. The summed E-state index contributed by atoms with van der Waals surface area (Å²) in [5.41, 5.74) is 3.91. The lowest BCUT2D eigenvalue weighted by Crippen LogP contribution is -2.45. The van der Waals surface area contributed by atoms with E-state index < -0.39 is 0 Å². The Bertz CT molecular complexity index is 1010. The largest absolute Gasteiger partial charge is 0.465 e. The van der Waals surface area contributed by atoms with Gasteiger partial charge in [-0.25, -0.2) is 0 Å². The Hall–Kier alpha value is -3.18. The lowest BCUT2D eigenvalue weighted by molar-refractivity contribution is -0.156. The van der Waals surface area contributed by atoms with Gasteiger partial charge in [0.2, 0.25) is 0 Å². The van der Waals surface area contributed by atoms with Crippen LogP contribution in [0.3, 0.4) is 0 Å². The minimum absolute atomic E-state index is 0.0877. The van der Waals surface area contributed by atoms with Gasteiger partial charge in [0.1, 0.15) is 6.04 Å². The molecule has 0 N–H and O–H groups in total. The second-order valence-electron chi connectivity index (χ2n) is 9.14. The molecule has 3 atom stereocenters. The molecule has 0 saturated carbocycles. The summed E-state index contributed by atoms with van der Waals surface area (Å²) in [6.45, 7) is 0.898. The fourth-order valence-electron chi connectivity index (χ4n) is 4.65. The number of cyclic esters (lactones) is 1. The molecule has 3 unspecified atom stereocenters. The van der Waals surface area contributed by atoms with Gasteiger partial charge in [-0.1, -0.05) is 78.9 Å². The summed E-state index contributed by atoms with van der Waals surface area (Å²) < 4.78 is 10.6. The molecule has 1 aliphatic heterocycles. The van der Waals surface area contributed by atoms with Crippen LogP contribution < -0.4 is 0 Å². The van der Waals surface area contributed by atoms with E-state index in [1.807, 2.05) is 12.1 Å². The fraction of sp³-hybridized carbons (Fsp3) is 0.379. The topological polar surface area (TPSA) is 55.8 Å². The predicted molar refractivity (Wildman–Crippen MR) is 132 cm³/mol. The lowest BCUT2D eigenvalue weighted by atomic mass is 9.82. The van der Waals surface area contributed by atoms with Crippen molar-refractivity contribution in [3.63, 3.8) is 0 Å². The number of benzene rings is 2. The van der Waals surface area contributed by atoms with Gasteiger partial charge in [-0.3, -0.25) is 14.5 Å². The zero-order chi connectivity index (χ0) is 23.8. The molecule has 1 saturated heterocycles. The van der Waals surface area contributed by atoms with Crippen LogP contribution in [0.1, 0.15) is 36.3 Å². The minimum atomic E-state index is -0.360. The first-order valence-electron chi connectivity index (χ1n) is 12.1. The first kappa shape index (κ1) is 24.0. The summed E-state index contributed by atoms with van der Waals surface area (Å²) in [5, 5.41) is 0. The van der Waals surface area contributed by atoms with Crippen molar-refractivity contribution in [2.75, 3.05) is 26.8 Å². The van der Waals surface area contributed by atoms with Crippen molar-refractivity contribution in [1.29, 1.82) is 0 Å². The third-order valence-electron chi connectivity index (χ3n) is 6.61. The zero-order valence-electron chi connectivity index (χ0n) is 19.8. The molecule has 0 aromatic heterocycles. The van der Waals surface area contributed by atoms with E-state index in [1.165, 1.54) is 16.7 Å². The molecule has 0 amide bonds. The van der Waals surface area contributed by atoms with E-state index in [2.05, 4.69) is 66.8 Å². The first-order chi connectivity index (χ1) is 16.6. The van der Waals surface area contributed by atoms with Crippen LogP contribution >= 0.6 is 0 Å². The van der Waals surface area contributed by atoms with Crippen molar-refractivity contribution in [2.45, 2.75) is 37.6 Å².